The third-order valence-corrected chi connectivity index (χ3v) is 3.11. The van der Waals surface area contributed by atoms with Crippen molar-refractivity contribution in [1.29, 1.82) is 0 Å². The zero-order chi connectivity index (χ0) is 15.4. The van der Waals surface area contributed by atoms with Crippen LogP contribution < -0.4 is 5.73 Å². The monoisotopic (exact) mass is 291 g/mol. The van der Waals surface area contributed by atoms with Crippen LogP contribution in [0.15, 0.2) is 30.5 Å². The fraction of sp³-hybridized carbons (Fsp3) is 0.357. The highest BCUT2D eigenvalue weighted by molar-refractivity contribution is 5.75. The van der Waals surface area contributed by atoms with Gasteiger partial charge in [0.25, 0.3) is 0 Å². The van der Waals surface area contributed by atoms with Crippen molar-refractivity contribution in [2.45, 2.75) is 26.1 Å². The van der Waals surface area contributed by atoms with Crippen molar-refractivity contribution in [3.05, 3.63) is 47.5 Å². The van der Waals surface area contributed by atoms with E-state index in [1.807, 2.05) is 0 Å². The Morgan fingerprint density at radius 2 is 2.19 bits per heavy atom. The standard InChI is InChI=1S/C14H18FN5O/c1-10(16)13-8-20(18-17-13)9-14(21)19(2)7-11-5-3-4-6-12(11)15/h3-6,8,10H,7,9,16H2,1-2H3. The van der Waals surface area contributed by atoms with Gasteiger partial charge in [0.15, 0.2) is 0 Å². The van der Waals surface area contributed by atoms with Crippen molar-refractivity contribution in [2.24, 2.45) is 5.73 Å². The van der Waals surface area contributed by atoms with Gasteiger partial charge in [-0.05, 0) is 13.0 Å². The van der Waals surface area contributed by atoms with Crippen LogP contribution in [-0.4, -0.2) is 32.8 Å². The van der Waals surface area contributed by atoms with Gasteiger partial charge in [0.05, 0.1) is 11.9 Å². The lowest BCUT2D eigenvalue weighted by Crippen LogP contribution is -2.30. The predicted molar refractivity (Wildman–Crippen MR) is 75.5 cm³/mol. The Kier molecular flexibility index (Phi) is 4.64. The minimum absolute atomic E-state index is 0.0463. The lowest BCUT2D eigenvalue weighted by molar-refractivity contribution is -0.131. The van der Waals surface area contributed by atoms with Crippen molar-refractivity contribution >= 4 is 5.91 Å². The molecule has 1 atom stereocenters. The second kappa shape index (κ2) is 6.45. The second-order valence-electron chi connectivity index (χ2n) is 4.97. The number of carbonyl (C=O) groups excluding carboxylic acids is 1. The quantitative estimate of drug-likeness (QED) is 0.894. The van der Waals surface area contributed by atoms with Crippen LogP contribution in [-0.2, 0) is 17.9 Å². The minimum Gasteiger partial charge on any atom is -0.340 e. The zero-order valence-corrected chi connectivity index (χ0v) is 12.0. The highest BCUT2D eigenvalue weighted by atomic mass is 19.1. The highest BCUT2D eigenvalue weighted by Gasteiger charge is 2.14. The molecule has 2 aromatic rings. The van der Waals surface area contributed by atoms with Crippen LogP contribution in [0.1, 0.15) is 24.2 Å². The number of hydrogen-bond acceptors (Lipinski definition) is 4. The molecule has 112 valence electrons. The smallest absolute Gasteiger partial charge is 0.244 e. The van der Waals surface area contributed by atoms with Crippen molar-refractivity contribution in [3.63, 3.8) is 0 Å². The van der Waals surface area contributed by atoms with Crippen LogP contribution in [0.4, 0.5) is 4.39 Å². The van der Waals surface area contributed by atoms with E-state index in [-0.39, 0.29) is 30.9 Å². The predicted octanol–water partition coefficient (Wildman–Crippen LogP) is 1.10. The Hall–Kier alpha value is -2.28. The Balaban J connectivity index is 1.97. The molecule has 2 N–H and O–H groups in total. The van der Waals surface area contributed by atoms with Gasteiger partial charge in [-0.1, -0.05) is 23.4 Å². The molecule has 0 bridgehead atoms. The number of benzene rings is 1. The topological polar surface area (TPSA) is 77.0 Å². The first-order valence-electron chi connectivity index (χ1n) is 6.60. The molecule has 1 amide bonds. The molecule has 6 nitrogen and oxygen atoms in total. The summed E-state index contributed by atoms with van der Waals surface area (Å²) in [5.74, 6) is -0.503. The SMILES string of the molecule is CC(N)c1cn(CC(=O)N(C)Cc2ccccc2F)nn1. The van der Waals surface area contributed by atoms with Gasteiger partial charge in [-0.15, -0.1) is 5.10 Å². The van der Waals surface area contributed by atoms with Gasteiger partial charge in [-0.3, -0.25) is 4.79 Å². The third kappa shape index (κ3) is 3.85. The molecule has 0 saturated carbocycles. The molecule has 0 aliphatic rings. The van der Waals surface area contributed by atoms with Gasteiger partial charge in [0.2, 0.25) is 5.91 Å². The first kappa shape index (κ1) is 15.1. The molecular weight excluding hydrogens is 273 g/mol. The summed E-state index contributed by atoms with van der Waals surface area (Å²) in [4.78, 5) is 13.5. The van der Waals surface area contributed by atoms with Crippen LogP contribution in [0.3, 0.4) is 0 Å². The normalized spacial score (nSPS) is 12.2. The van der Waals surface area contributed by atoms with Crippen molar-refractivity contribution in [2.75, 3.05) is 7.05 Å². The largest absolute Gasteiger partial charge is 0.340 e. The number of likely N-dealkylation sites (N-methyl/N-ethyl adjacent to an activating group) is 1. The maximum atomic E-state index is 13.6. The van der Waals surface area contributed by atoms with Crippen LogP contribution in [0, 0.1) is 5.82 Å². The maximum absolute atomic E-state index is 13.6. The molecular formula is C14H18FN5O. The van der Waals surface area contributed by atoms with Crippen molar-refractivity contribution in [3.8, 4) is 0 Å². The molecule has 0 radical (unpaired) electrons. The van der Waals surface area contributed by atoms with E-state index >= 15 is 0 Å². The molecule has 2 rings (SSSR count). The van der Waals surface area contributed by atoms with E-state index in [2.05, 4.69) is 10.3 Å². The molecule has 0 aliphatic heterocycles. The van der Waals surface area contributed by atoms with E-state index in [0.29, 0.717) is 11.3 Å². The van der Waals surface area contributed by atoms with Crippen LogP contribution >= 0.6 is 0 Å². The van der Waals surface area contributed by atoms with Crippen LogP contribution in [0.5, 0.6) is 0 Å². The molecule has 0 fully saturated rings. The molecule has 1 aromatic carbocycles. The lowest BCUT2D eigenvalue weighted by Gasteiger charge is -2.17. The molecule has 21 heavy (non-hydrogen) atoms. The molecule has 0 saturated heterocycles. The number of carbonyl (C=O) groups is 1. The number of halogens is 1. The average Bonchev–Trinajstić information content (AvgIpc) is 2.90. The van der Waals surface area contributed by atoms with Crippen molar-refractivity contribution in [1.82, 2.24) is 19.9 Å². The summed E-state index contributed by atoms with van der Waals surface area (Å²) in [6.07, 6.45) is 1.64. The Labute approximate surface area is 122 Å². The first-order chi connectivity index (χ1) is 9.97. The van der Waals surface area contributed by atoms with Gasteiger partial charge < -0.3 is 10.6 Å². The second-order valence-corrected chi connectivity index (χ2v) is 4.97. The summed E-state index contributed by atoms with van der Waals surface area (Å²) >= 11 is 0. The molecule has 1 aromatic heterocycles. The fourth-order valence-electron chi connectivity index (χ4n) is 1.83. The zero-order valence-electron chi connectivity index (χ0n) is 12.0. The van der Waals surface area contributed by atoms with Gasteiger partial charge >= 0.3 is 0 Å². The number of hydrogen-bond donors (Lipinski definition) is 1. The summed E-state index contributed by atoms with van der Waals surface area (Å²) in [5.41, 5.74) is 6.78. The van der Waals surface area contributed by atoms with Gasteiger partial charge in [0.1, 0.15) is 12.4 Å². The number of rotatable bonds is 5. The fourth-order valence-corrected chi connectivity index (χ4v) is 1.83. The molecule has 1 unspecified atom stereocenters. The number of nitrogens with two attached hydrogens (primary N) is 1. The molecule has 0 spiro atoms. The van der Waals surface area contributed by atoms with Crippen LogP contribution in [0.25, 0.3) is 0 Å². The van der Waals surface area contributed by atoms with Gasteiger partial charge in [0, 0.05) is 25.2 Å². The number of nitrogens with zero attached hydrogens (tertiary/aromatic N) is 4. The first-order valence-corrected chi connectivity index (χ1v) is 6.60. The summed E-state index contributed by atoms with van der Waals surface area (Å²) in [6.45, 7) is 2.05. The summed E-state index contributed by atoms with van der Waals surface area (Å²) in [6, 6.07) is 6.15. The lowest BCUT2D eigenvalue weighted by atomic mass is 10.2. The van der Waals surface area contributed by atoms with E-state index in [1.54, 1.807) is 38.4 Å². The maximum Gasteiger partial charge on any atom is 0.244 e. The van der Waals surface area contributed by atoms with Crippen LogP contribution in [0.2, 0.25) is 0 Å². The van der Waals surface area contributed by atoms with E-state index in [1.165, 1.54) is 15.6 Å². The number of aromatic nitrogens is 3. The van der Waals surface area contributed by atoms with Gasteiger partial charge in [-0.2, -0.15) is 0 Å². The number of amides is 1. The molecule has 1 heterocycles. The van der Waals surface area contributed by atoms with Gasteiger partial charge in [-0.25, -0.2) is 9.07 Å². The van der Waals surface area contributed by atoms with E-state index < -0.39 is 0 Å². The summed E-state index contributed by atoms with van der Waals surface area (Å²) in [7, 11) is 1.62. The minimum atomic E-state index is -0.322. The Bertz CT molecular complexity index is 625. The molecule has 7 heteroatoms. The highest BCUT2D eigenvalue weighted by Crippen LogP contribution is 2.09. The Morgan fingerprint density at radius 1 is 1.48 bits per heavy atom. The Morgan fingerprint density at radius 3 is 2.81 bits per heavy atom. The molecule has 0 aliphatic carbocycles. The van der Waals surface area contributed by atoms with E-state index in [0.717, 1.165) is 0 Å². The average molecular weight is 291 g/mol. The summed E-state index contributed by atoms with van der Waals surface area (Å²) in [5, 5.41) is 7.73. The van der Waals surface area contributed by atoms with E-state index in [9.17, 15) is 9.18 Å². The van der Waals surface area contributed by atoms with E-state index in [4.69, 9.17) is 5.73 Å². The third-order valence-electron chi connectivity index (χ3n) is 3.11. The van der Waals surface area contributed by atoms with Crippen molar-refractivity contribution < 1.29 is 9.18 Å². The summed E-state index contributed by atoms with van der Waals surface area (Å²) < 4.78 is 15.0.